The molecule has 2 aromatic rings. The van der Waals surface area contributed by atoms with Gasteiger partial charge in [0.1, 0.15) is 0 Å². The lowest BCUT2D eigenvalue weighted by atomic mass is 10.1. The van der Waals surface area contributed by atoms with Gasteiger partial charge in [-0.1, -0.05) is 12.1 Å². The fourth-order valence-electron chi connectivity index (χ4n) is 2.82. The largest absolute Gasteiger partial charge is 0.379 e. The Balaban J connectivity index is 0.00000225. The molecule has 0 aliphatic heterocycles. The Labute approximate surface area is 167 Å². The quantitative estimate of drug-likeness (QED) is 0.248. The molecule has 5 nitrogen and oxygen atoms in total. The second kappa shape index (κ2) is 10.0. The van der Waals surface area contributed by atoms with Gasteiger partial charge < -0.3 is 20.4 Å². The molecule has 1 heterocycles. The van der Waals surface area contributed by atoms with Gasteiger partial charge in [0, 0.05) is 43.8 Å². The van der Waals surface area contributed by atoms with Gasteiger partial charge in [0.25, 0.3) is 0 Å². The fraction of sp³-hybridized carbons (Fsp3) is 0.526. The summed E-state index contributed by atoms with van der Waals surface area (Å²) in [5.41, 5.74) is 3.82. The lowest BCUT2D eigenvalue weighted by Gasteiger charge is -2.12. The highest BCUT2D eigenvalue weighted by Crippen LogP contribution is 2.28. The number of guanidine groups is 1. The van der Waals surface area contributed by atoms with Crippen molar-refractivity contribution in [3.63, 3.8) is 0 Å². The maximum Gasteiger partial charge on any atom is 0.191 e. The number of hydrogen-bond donors (Lipinski definition) is 3. The van der Waals surface area contributed by atoms with E-state index in [2.05, 4.69) is 51.9 Å². The van der Waals surface area contributed by atoms with E-state index in [-0.39, 0.29) is 24.0 Å². The molecule has 0 atom stereocenters. The van der Waals surface area contributed by atoms with Crippen LogP contribution in [0.5, 0.6) is 0 Å². The first kappa shape index (κ1) is 20.0. The number of benzene rings is 1. The number of H-pyrrole nitrogens is 1. The Bertz CT molecular complexity index is 694. The molecule has 0 radical (unpaired) electrons. The Hall–Kier alpha value is -1.28. The molecule has 138 valence electrons. The molecule has 1 aromatic carbocycles. The van der Waals surface area contributed by atoms with E-state index in [0.717, 1.165) is 44.6 Å². The van der Waals surface area contributed by atoms with Crippen LogP contribution in [0.1, 0.15) is 24.0 Å². The monoisotopic (exact) mass is 456 g/mol. The van der Waals surface area contributed by atoms with Gasteiger partial charge in [-0.05, 0) is 49.3 Å². The summed E-state index contributed by atoms with van der Waals surface area (Å²) in [5, 5.41) is 7.96. The van der Waals surface area contributed by atoms with Gasteiger partial charge >= 0.3 is 0 Å². The van der Waals surface area contributed by atoms with Crippen LogP contribution in [0.15, 0.2) is 29.4 Å². The summed E-state index contributed by atoms with van der Waals surface area (Å²) in [6.07, 6.45) is 5.74. The fourth-order valence-corrected chi connectivity index (χ4v) is 2.82. The third-order valence-electron chi connectivity index (χ3n) is 4.42. The predicted molar refractivity (Wildman–Crippen MR) is 115 cm³/mol. The number of aromatic nitrogens is 1. The Kier molecular flexibility index (Phi) is 8.02. The predicted octanol–water partition coefficient (Wildman–Crippen LogP) is 3.23. The van der Waals surface area contributed by atoms with Crippen LogP contribution < -0.4 is 10.6 Å². The second-order valence-electron chi connectivity index (χ2n) is 6.56. The molecule has 3 N–H and O–H groups in total. The Morgan fingerprint density at radius 1 is 1.28 bits per heavy atom. The zero-order valence-corrected chi connectivity index (χ0v) is 17.4. The molecule has 0 spiro atoms. The van der Waals surface area contributed by atoms with Crippen LogP contribution >= 0.6 is 24.0 Å². The minimum absolute atomic E-state index is 0. The van der Waals surface area contributed by atoms with E-state index in [0.29, 0.717) is 0 Å². The highest BCUT2D eigenvalue weighted by atomic mass is 127. The van der Waals surface area contributed by atoms with Crippen molar-refractivity contribution in [1.82, 2.24) is 15.6 Å². The normalized spacial score (nSPS) is 14.4. The minimum Gasteiger partial charge on any atom is -0.379 e. The molecule has 0 unspecified atom stereocenters. The summed E-state index contributed by atoms with van der Waals surface area (Å²) in [7, 11) is 1.80. The molecule has 3 rings (SSSR count). The smallest absolute Gasteiger partial charge is 0.191 e. The highest BCUT2D eigenvalue weighted by molar-refractivity contribution is 14.0. The van der Waals surface area contributed by atoms with E-state index in [1.54, 1.807) is 7.05 Å². The lowest BCUT2D eigenvalue weighted by Crippen LogP contribution is -2.39. The lowest BCUT2D eigenvalue weighted by molar-refractivity contribution is 0.129. The molecular weight excluding hydrogens is 427 g/mol. The van der Waals surface area contributed by atoms with Crippen LogP contribution in [0.3, 0.4) is 0 Å². The summed E-state index contributed by atoms with van der Waals surface area (Å²) >= 11 is 0. The molecule has 1 aliphatic rings. The third kappa shape index (κ3) is 6.18. The van der Waals surface area contributed by atoms with Crippen LogP contribution in [0.4, 0.5) is 0 Å². The molecule has 1 saturated carbocycles. The average molecular weight is 456 g/mol. The SMILES string of the molecule is CN=C(NCCOCC1CC1)NCCc1c[nH]c2cc(C)ccc12.I. The Morgan fingerprint density at radius 2 is 2.08 bits per heavy atom. The van der Waals surface area contributed by atoms with Crippen LogP contribution in [0, 0.1) is 12.8 Å². The number of fused-ring (bicyclic) bond motifs is 1. The van der Waals surface area contributed by atoms with Crippen molar-refractivity contribution >= 4 is 40.8 Å². The number of rotatable bonds is 8. The zero-order chi connectivity index (χ0) is 16.8. The van der Waals surface area contributed by atoms with Crippen LogP contribution in [-0.2, 0) is 11.2 Å². The average Bonchev–Trinajstić information content (AvgIpc) is 3.33. The molecule has 1 aromatic heterocycles. The summed E-state index contributed by atoms with van der Waals surface area (Å²) in [4.78, 5) is 7.61. The van der Waals surface area contributed by atoms with Crippen LogP contribution in [0.25, 0.3) is 10.9 Å². The van der Waals surface area contributed by atoms with E-state index in [4.69, 9.17) is 4.74 Å². The molecule has 0 bridgehead atoms. The molecule has 0 saturated heterocycles. The van der Waals surface area contributed by atoms with Crippen molar-refractivity contribution in [2.24, 2.45) is 10.9 Å². The topological polar surface area (TPSA) is 61.4 Å². The number of aromatic amines is 1. The van der Waals surface area contributed by atoms with Gasteiger partial charge in [0.2, 0.25) is 0 Å². The molecule has 1 aliphatic carbocycles. The zero-order valence-electron chi connectivity index (χ0n) is 15.1. The number of aryl methyl sites for hydroxylation is 1. The van der Waals surface area contributed by atoms with E-state index in [1.807, 2.05) is 0 Å². The number of halogens is 1. The summed E-state index contributed by atoms with van der Waals surface area (Å²) in [6, 6.07) is 6.55. The van der Waals surface area contributed by atoms with Crippen molar-refractivity contribution in [2.75, 3.05) is 33.4 Å². The highest BCUT2D eigenvalue weighted by Gasteiger charge is 2.20. The van der Waals surface area contributed by atoms with Crippen LogP contribution in [0.2, 0.25) is 0 Å². The summed E-state index contributed by atoms with van der Waals surface area (Å²) in [6.45, 7) is 5.40. The molecule has 1 fully saturated rings. The maximum absolute atomic E-state index is 5.62. The van der Waals surface area contributed by atoms with Gasteiger partial charge in [0.15, 0.2) is 5.96 Å². The molecule has 0 amide bonds. The number of aliphatic imine (C=N–C) groups is 1. The Morgan fingerprint density at radius 3 is 2.84 bits per heavy atom. The molecular formula is C19H29IN4O. The van der Waals surface area contributed by atoms with Crippen LogP contribution in [-0.4, -0.2) is 44.3 Å². The van der Waals surface area contributed by atoms with Gasteiger partial charge in [-0.2, -0.15) is 0 Å². The van der Waals surface area contributed by atoms with Crippen molar-refractivity contribution in [3.05, 3.63) is 35.5 Å². The maximum atomic E-state index is 5.62. The number of ether oxygens (including phenoxy) is 1. The van der Waals surface area contributed by atoms with E-state index in [9.17, 15) is 0 Å². The first-order chi connectivity index (χ1) is 11.8. The van der Waals surface area contributed by atoms with E-state index >= 15 is 0 Å². The number of nitrogens with zero attached hydrogens (tertiary/aromatic N) is 1. The summed E-state index contributed by atoms with van der Waals surface area (Å²) in [5.74, 6) is 1.66. The number of hydrogen-bond acceptors (Lipinski definition) is 2. The van der Waals surface area contributed by atoms with E-state index in [1.165, 1.54) is 34.9 Å². The molecule has 25 heavy (non-hydrogen) atoms. The third-order valence-corrected chi connectivity index (χ3v) is 4.42. The molecule has 6 heteroatoms. The van der Waals surface area contributed by atoms with Crippen molar-refractivity contribution in [1.29, 1.82) is 0 Å². The number of nitrogens with one attached hydrogen (secondary N) is 3. The standard InChI is InChI=1S/C19H28N4O.HI/c1-14-3-6-17-16(12-23-18(17)11-14)7-8-21-19(20-2)22-9-10-24-13-15-4-5-15;/h3,6,11-12,15,23H,4-5,7-10,13H2,1-2H3,(H2,20,21,22);1H. The van der Waals surface area contributed by atoms with Gasteiger partial charge in [-0.25, -0.2) is 0 Å². The van der Waals surface area contributed by atoms with Crippen molar-refractivity contribution in [3.8, 4) is 0 Å². The van der Waals surface area contributed by atoms with Crippen molar-refractivity contribution in [2.45, 2.75) is 26.2 Å². The first-order valence-electron chi connectivity index (χ1n) is 8.85. The first-order valence-corrected chi connectivity index (χ1v) is 8.85. The van der Waals surface area contributed by atoms with Gasteiger partial charge in [-0.3, -0.25) is 4.99 Å². The van der Waals surface area contributed by atoms with E-state index < -0.39 is 0 Å². The van der Waals surface area contributed by atoms with Crippen molar-refractivity contribution < 1.29 is 4.74 Å². The van der Waals surface area contributed by atoms with Gasteiger partial charge in [0.05, 0.1) is 6.61 Å². The van der Waals surface area contributed by atoms with Gasteiger partial charge in [-0.15, -0.1) is 24.0 Å². The second-order valence-corrected chi connectivity index (χ2v) is 6.56. The minimum atomic E-state index is 0. The summed E-state index contributed by atoms with van der Waals surface area (Å²) < 4.78 is 5.62.